The maximum atomic E-state index is 11.1. The number of pyridine rings is 2. The third kappa shape index (κ3) is 2.64. The molecule has 0 atom stereocenters. The molecule has 2 heterocycles. The zero-order valence-electron chi connectivity index (χ0n) is 10.7. The zero-order chi connectivity index (χ0) is 14.8. The minimum Gasteiger partial charge on any atom is -0.478 e. The van der Waals surface area contributed by atoms with E-state index in [0.29, 0.717) is 5.82 Å². The molecular formula is C15H10ClN3O2. The first-order valence-corrected chi connectivity index (χ1v) is 6.52. The topological polar surface area (TPSA) is 75.1 Å². The number of nitrogens with one attached hydrogen (secondary N) is 1. The summed E-state index contributed by atoms with van der Waals surface area (Å²) in [6.07, 6.45) is 3.01. The number of aromatic carboxylic acids is 1. The van der Waals surface area contributed by atoms with Crippen molar-refractivity contribution in [2.24, 2.45) is 0 Å². The Morgan fingerprint density at radius 2 is 2.00 bits per heavy atom. The fourth-order valence-electron chi connectivity index (χ4n) is 2.01. The first kappa shape index (κ1) is 13.3. The molecule has 0 fully saturated rings. The van der Waals surface area contributed by atoms with E-state index in [9.17, 15) is 4.79 Å². The molecule has 0 saturated carbocycles. The van der Waals surface area contributed by atoms with Crippen molar-refractivity contribution in [1.29, 1.82) is 0 Å². The van der Waals surface area contributed by atoms with Gasteiger partial charge >= 0.3 is 5.97 Å². The van der Waals surface area contributed by atoms with E-state index in [1.807, 2.05) is 30.3 Å². The van der Waals surface area contributed by atoms with Crippen LogP contribution in [0.1, 0.15) is 10.4 Å². The van der Waals surface area contributed by atoms with Crippen LogP contribution in [0.25, 0.3) is 10.9 Å². The molecule has 2 aromatic heterocycles. The highest BCUT2D eigenvalue weighted by Gasteiger charge is 2.11. The molecule has 21 heavy (non-hydrogen) atoms. The van der Waals surface area contributed by atoms with Gasteiger partial charge in [-0.3, -0.25) is 4.98 Å². The second-order valence-electron chi connectivity index (χ2n) is 4.36. The lowest BCUT2D eigenvalue weighted by Gasteiger charge is -2.09. The molecule has 0 aliphatic carbocycles. The van der Waals surface area contributed by atoms with Crippen molar-refractivity contribution >= 4 is 40.0 Å². The van der Waals surface area contributed by atoms with Gasteiger partial charge < -0.3 is 10.4 Å². The SMILES string of the molecule is O=C(O)c1cc(Nc2cccc3cccnc23)ncc1Cl. The van der Waals surface area contributed by atoms with E-state index in [-0.39, 0.29) is 10.6 Å². The second kappa shape index (κ2) is 5.38. The Kier molecular flexibility index (Phi) is 3.41. The highest BCUT2D eigenvalue weighted by atomic mass is 35.5. The van der Waals surface area contributed by atoms with E-state index in [1.165, 1.54) is 12.3 Å². The Labute approximate surface area is 125 Å². The first-order valence-electron chi connectivity index (χ1n) is 6.15. The van der Waals surface area contributed by atoms with Crippen LogP contribution >= 0.6 is 11.6 Å². The van der Waals surface area contributed by atoms with Gasteiger partial charge in [-0.15, -0.1) is 0 Å². The number of anilines is 2. The van der Waals surface area contributed by atoms with E-state index < -0.39 is 5.97 Å². The lowest BCUT2D eigenvalue weighted by molar-refractivity contribution is 0.0697. The molecule has 3 aromatic rings. The van der Waals surface area contributed by atoms with Crippen molar-refractivity contribution in [1.82, 2.24) is 9.97 Å². The Bertz CT molecular complexity index is 831. The zero-order valence-corrected chi connectivity index (χ0v) is 11.5. The van der Waals surface area contributed by atoms with Gasteiger partial charge in [-0.25, -0.2) is 9.78 Å². The van der Waals surface area contributed by atoms with Crippen LogP contribution in [0.3, 0.4) is 0 Å². The number of carbonyl (C=O) groups is 1. The van der Waals surface area contributed by atoms with Gasteiger partial charge in [0.25, 0.3) is 0 Å². The molecule has 1 aromatic carbocycles. The van der Waals surface area contributed by atoms with Crippen LogP contribution in [-0.4, -0.2) is 21.0 Å². The first-order chi connectivity index (χ1) is 10.1. The molecule has 0 bridgehead atoms. The molecule has 0 amide bonds. The van der Waals surface area contributed by atoms with Gasteiger partial charge in [-0.05, 0) is 18.2 Å². The fraction of sp³-hybridized carbons (Fsp3) is 0. The third-order valence-electron chi connectivity index (χ3n) is 2.98. The van der Waals surface area contributed by atoms with Gasteiger partial charge in [0.15, 0.2) is 0 Å². The number of hydrogen-bond donors (Lipinski definition) is 2. The standard InChI is InChI=1S/C15H10ClN3O2/c16-11-8-18-13(7-10(11)15(20)21)19-12-5-1-3-9-4-2-6-17-14(9)12/h1-8H,(H,18,19)(H,20,21). The van der Waals surface area contributed by atoms with Crippen molar-refractivity contribution in [2.45, 2.75) is 0 Å². The van der Waals surface area contributed by atoms with Crippen LogP contribution in [-0.2, 0) is 0 Å². The van der Waals surface area contributed by atoms with Gasteiger partial charge in [0.05, 0.1) is 21.8 Å². The minimum atomic E-state index is -1.10. The van der Waals surface area contributed by atoms with Crippen molar-refractivity contribution in [3.8, 4) is 0 Å². The van der Waals surface area contributed by atoms with E-state index in [0.717, 1.165) is 16.6 Å². The molecule has 0 unspecified atom stereocenters. The Hall–Kier alpha value is -2.66. The van der Waals surface area contributed by atoms with Crippen LogP contribution in [0.4, 0.5) is 11.5 Å². The smallest absolute Gasteiger partial charge is 0.337 e. The molecule has 104 valence electrons. The summed E-state index contributed by atoms with van der Waals surface area (Å²) in [7, 11) is 0. The predicted molar refractivity (Wildman–Crippen MR) is 81.2 cm³/mol. The average Bonchev–Trinajstić information content (AvgIpc) is 2.49. The molecule has 0 radical (unpaired) electrons. The quantitative estimate of drug-likeness (QED) is 0.771. The summed E-state index contributed by atoms with van der Waals surface area (Å²) in [5, 5.41) is 13.2. The Morgan fingerprint density at radius 3 is 2.81 bits per heavy atom. The molecular weight excluding hydrogens is 290 g/mol. The largest absolute Gasteiger partial charge is 0.478 e. The van der Waals surface area contributed by atoms with E-state index in [4.69, 9.17) is 16.7 Å². The summed E-state index contributed by atoms with van der Waals surface area (Å²) >= 11 is 5.81. The maximum Gasteiger partial charge on any atom is 0.337 e. The number of nitrogens with zero attached hydrogens (tertiary/aromatic N) is 2. The second-order valence-corrected chi connectivity index (χ2v) is 4.77. The lowest BCUT2D eigenvalue weighted by Crippen LogP contribution is -2.01. The summed E-state index contributed by atoms with van der Waals surface area (Å²) in [6, 6.07) is 10.9. The van der Waals surface area contributed by atoms with Crippen LogP contribution in [0.2, 0.25) is 5.02 Å². The van der Waals surface area contributed by atoms with Gasteiger partial charge in [0.2, 0.25) is 0 Å². The summed E-state index contributed by atoms with van der Waals surface area (Å²) in [5.74, 6) is -0.698. The van der Waals surface area contributed by atoms with Gasteiger partial charge in [0.1, 0.15) is 5.82 Å². The summed E-state index contributed by atoms with van der Waals surface area (Å²) in [5.41, 5.74) is 1.54. The van der Waals surface area contributed by atoms with Crippen LogP contribution < -0.4 is 5.32 Å². The lowest BCUT2D eigenvalue weighted by atomic mass is 10.2. The number of benzene rings is 1. The van der Waals surface area contributed by atoms with Gasteiger partial charge in [0, 0.05) is 17.8 Å². The number of aromatic nitrogens is 2. The van der Waals surface area contributed by atoms with Crippen LogP contribution in [0.15, 0.2) is 48.8 Å². The maximum absolute atomic E-state index is 11.1. The molecule has 3 rings (SSSR count). The third-order valence-corrected chi connectivity index (χ3v) is 3.28. The molecule has 2 N–H and O–H groups in total. The highest BCUT2D eigenvalue weighted by molar-refractivity contribution is 6.33. The monoisotopic (exact) mass is 299 g/mol. The summed E-state index contributed by atoms with van der Waals surface area (Å²) in [6.45, 7) is 0. The summed E-state index contributed by atoms with van der Waals surface area (Å²) < 4.78 is 0. The molecule has 0 spiro atoms. The van der Waals surface area contributed by atoms with E-state index in [1.54, 1.807) is 6.20 Å². The van der Waals surface area contributed by atoms with Crippen molar-refractivity contribution in [2.75, 3.05) is 5.32 Å². The van der Waals surface area contributed by atoms with Gasteiger partial charge in [-0.1, -0.05) is 29.8 Å². The van der Waals surface area contributed by atoms with Crippen molar-refractivity contribution in [3.63, 3.8) is 0 Å². The molecule has 5 nitrogen and oxygen atoms in total. The van der Waals surface area contributed by atoms with Crippen molar-refractivity contribution < 1.29 is 9.90 Å². The van der Waals surface area contributed by atoms with Crippen LogP contribution in [0.5, 0.6) is 0 Å². The van der Waals surface area contributed by atoms with Crippen molar-refractivity contribution in [3.05, 3.63) is 59.4 Å². The Morgan fingerprint density at radius 1 is 1.19 bits per heavy atom. The Balaban J connectivity index is 2.03. The number of halogens is 1. The number of rotatable bonds is 3. The number of fused-ring (bicyclic) bond motifs is 1. The molecule has 0 aliphatic heterocycles. The normalized spacial score (nSPS) is 10.5. The fourth-order valence-corrected chi connectivity index (χ4v) is 2.20. The molecule has 0 aliphatic rings. The average molecular weight is 300 g/mol. The minimum absolute atomic E-state index is 0.00219. The number of carboxylic acid groups (broad SMARTS) is 1. The summed E-state index contributed by atoms with van der Waals surface area (Å²) in [4.78, 5) is 19.5. The van der Waals surface area contributed by atoms with Gasteiger partial charge in [-0.2, -0.15) is 0 Å². The number of para-hydroxylation sites is 1. The molecule has 0 saturated heterocycles. The van der Waals surface area contributed by atoms with Crippen LogP contribution in [0, 0.1) is 0 Å². The highest BCUT2D eigenvalue weighted by Crippen LogP contribution is 2.25. The van der Waals surface area contributed by atoms with E-state index >= 15 is 0 Å². The molecule has 6 heteroatoms. The predicted octanol–water partition coefficient (Wildman–Crippen LogP) is 3.73. The van der Waals surface area contributed by atoms with E-state index in [2.05, 4.69) is 15.3 Å². The number of hydrogen-bond acceptors (Lipinski definition) is 4. The number of carboxylic acids is 1.